The van der Waals surface area contributed by atoms with Gasteiger partial charge in [-0.3, -0.25) is 0 Å². The lowest BCUT2D eigenvalue weighted by Crippen LogP contribution is -2.23. The average molecular weight is 296 g/mol. The zero-order valence-electron chi connectivity index (χ0n) is 12.8. The van der Waals surface area contributed by atoms with Crippen LogP contribution in [0.2, 0.25) is 5.02 Å². The predicted octanol–water partition coefficient (Wildman–Crippen LogP) is 4.97. The molecule has 0 bridgehead atoms. The Morgan fingerprint density at radius 2 is 2.00 bits per heavy atom. The van der Waals surface area contributed by atoms with Crippen LogP contribution in [0.15, 0.2) is 18.2 Å². The Morgan fingerprint density at radius 3 is 2.60 bits per heavy atom. The van der Waals surface area contributed by atoms with Crippen molar-refractivity contribution in [1.82, 2.24) is 5.32 Å². The Labute approximate surface area is 127 Å². The number of benzene rings is 1. The van der Waals surface area contributed by atoms with Crippen LogP contribution in [0, 0.1) is 5.92 Å². The Morgan fingerprint density at radius 1 is 1.30 bits per heavy atom. The van der Waals surface area contributed by atoms with Crippen LogP contribution in [-0.4, -0.2) is 12.6 Å². The van der Waals surface area contributed by atoms with E-state index >= 15 is 0 Å². The van der Waals surface area contributed by atoms with Crippen LogP contribution in [0.3, 0.4) is 0 Å². The van der Waals surface area contributed by atoms with Gasteiger partial charge in [-0.05, 0) is 62.8 Å². The number of nitrogens with one attached hydrogen (secondary N) is 1. The van der Waals surface area contributed by atoms with Gasteiger partial charge in [0.25, 0.3) is 0 Å². The number of ether oxygens (including phenoxy) is 1. The van der Waals surface area contributed by atoms with E-state index in [1.807, 2.05) is 12.1 Å². The van der Waals surface area contributed by atoms with E-state index in [4.69, 9.17) is 16.3 Å². The van der Waals surface area contributed by atoms with Crippen LogP contribution in [0.4, 0.5) is 0 Å². The maximum atomic E-state index is 6.38. The van der Waals surface area contributed by atoms with Crippen LogP contribution in [0.25, 0.3) is 0 Å². The summed E-state index contributed by atoms with van der Waals surface area (Å²) in [5.41, 5.74) is 1.14. The summed E-state index contributed by atoms with van der Waals surface area (Å²) in [4.78, 5) is 0. The quantitative estimate of drug-likeness (QED) is 0.828. The van der Waals surface area contributed by atoms with Crippen molar-refractivity contribution in [2.24, 2.45) is 5.92 Å². The lowest BCUT2D eigenvalue weighted by molar-refractivity contribution is 0.135. The molecule has 0 aliphatic heterocycles. The highest BCUT2D eigenvalue weighted by Gasteiger charge is 2.20. The van der Waals surface area contributed by atoms with E-state index < -0.39 is 0 Å². The van der Waals surface area contributed by atoms with Crippen LogP contribution in [0.5, 0.6) is 5.75 Å². The molecule has 1 unspecified atom stereocenters. The summed E-state index contributed by atoms with van der Waals surface area (Å²) in [5.74, 6) is 1.75. The summed E-state index contributed by atoms with van der Waals surface area (Å²) >= 11 is 6.38. The Hall–Kier alpha value is -0.730. The molecular formula is C17H26ClNO. The van der Waals surface area contributed by atoms with Gasteiger partial charge in [-0.2, -0.15) is 0 Å². The Bertz CT molecular complexity index is 427. The maximum absolute atomic E-state index is 6.38. The molecule has 1 aromatic rings. The van der Waals surface area contributed by atoms with Gasteiger partial charge in [-0.25, -0.2) is 0 Å². The molecule has 1 aliphatic rings. The number of hydrogen-bond acceptors (Lipinski definition) is 2. The molecule has 2 rings (SSSR count). The highest BCUT2D eigenvalue weighted by atomic mass is 35.5. The van der Waals surface area contributed by atoms with Crippen molar-refractivity contribution < 1.29 is 4.74 Å². The first-order valence-electron chi connectivity index (χ1n) is 7.79. The minimum Gasteiger partial charge on any atom is -0.490 e. The summed E-state index contributed by atoms with van der Waals surface area (Å²) in [5, 5.41) is 4.17. The summed E-state index contributed by atoms with van der Waals surface area (Å²) in [6.45, 7) is 7.50. The van der Waals surface area contributed by atoms with Gasteiger partial charge in [0.2, 0.25) is 0 Å². The standard InChI is InChI=1S/C17H26ClNO/c1-4-19-13(3)16-10-9-15(11-17(16)18)20-14-7-5-12(2)6-8-14/h9-14,19H,4-8H2,1-3H3. The van der Waals surface area contributed by atoms with Crippen molar-refractivity contribution in [3.63, 3.8) is 0 Å². The minimum absolute atomic E-state index is 0.275. The molecule has 1 fully saturated rings. The van der Waals surface area contributed by atoms with Crippen molar-refractivity contribution in [3.05, 3.63) is 28.8 Å². The molecule has 0 amide bonds. The van der Waals surface area contributed by atoms with Crippen molar-refractivity contribution in [2.75, 3.05) is 6.54 Å². The van der Waals surface area contributed by atoms with Crippen molar-refractivity contribution in [2.45, 2.75) is 58.6 Å². The first kappa shape index (κ1) is 15.7. The number of halogens is 1. The normalized spacial score (nSPS) is 24.4. The summed E-state index contributed by atoms with van der Waals surface area (Å²) in [6.07, 6.45) is 5.23. The third-order valence-corrected chi connectivity index (χ3v) is 4.54. The number of hydrogen-bond donors (Lipinski definition) is 1. The molecule has 0 saturated heterocycles. The van der Waals surface area contributed by atoms with Crippen molar-refractivity contribution >= 4 is 11.6 Å². The van der Waals surface area contributed by atoms with Gasteiger partial charge < -0.3 is 10.1 Å². The van der Waals surface area contributed by atoms with E-state index in [1.165, 1.54) is 12.8 Å². The summed E-state index contributed by atoms with van der Waals surface area (Å²) in [6, 6.07) is 6.36. The van der Waals surface area contributed by atoms with Crippen molar-refractivity contribution in [1.29, 1.82) is 0 Å². The third-order valence-electron chi connectivity index (χ3n) is 4.21. The van der Waals surface area contributed by atoms with Crippen LogP contribution in [-0.2, 0) is 0 Å². The molecule has 1 aromatic carbocycles. The first-order valence-corrected chi connectivity index (χ1v) is 8.17. The molecular weight excluding hydrogens is 270 g/mol. The predicted molar refractivity (Wildman–Crippen MR) is 85.6 cm³/mol. The maximum Gasteiger partial charge on any atom is 0.121 e. The fourth-order valence-electron chi connectivity index (χ4n) is 2.89. The third kappa shape index (κ3) is 4.13. The van der Waals surface area contributed by atoms with Gasteiger partial charge in [0, 0.05) is 11.1 Å². The first-order chi connectivity index (χ1) is 9.60. The highest BCUT2D eigenvalue weighted by molar-refractivity contribution is 6.31. The van der Waals surface area contributed by atoms with Gasteiger partial charge in [-0.1, -0.05) is 31.5 Å². The van der Waals surface area contributed by atoms with Crippen molar-refractivity contribution in [3.8, 4) is 5.75 Å². The highest BCUT2D eigenvalue weighted by Crippen LogP contribution is 2.31. The zero-order valence-corrected chi connectivity index (χ0v) is 13.5. The summed E-state index contributed by atoms with van der Waals surface area (Å²) < 4.78 is 6.07. The lowest BCUT2D eigenvalue weighted by Gasteiger charge is -2.27. The average Bonchev–Trinajstić information content (AvgIpc) is 2.42. The fraction of sp³-hybridized carbons (Fsp3) is 0.647. The molecule has 0 radical (unpaired) electrons. The molecule has 0 aromatic heterocycles. The van der Waals surface area contributed by atoms with E-state index in [-0.39, 0.29) is 6.04 Å². The van der Waals surface area contributed by atoms with E-state index in [0.29, 0.717) is 6.10 Å². The number of rotatable bonds is 5. The second kappa shape index (κ2) is 7.33. The molecule has 0 heterocycles. The molecule has 0 spiro atoms. The fourth-order valence-corrected chi connectivity index (χ4v) is 3.22. The molecule has 20 heavy (non-hydrogen) atoms. The lowest BCUT2D eigenvalue weighted by atomic mass is 9.89. The smallest absolute Gasteiger partial charge is 0.121 e. The molecule has 1 N–H and O–H groups in total. The van der Waals surface area contributed by atoms with E-state index in [1.54, 1.807) is 0 Å². The summed E-state index contributed by atoms with van der Waals surface area (Å²) in [7, 11) is 0. The largest absolute Gasteiger partial charge is 0.490 e. The van der Waals surface area contributed by atoms with Gasteiger partial charge in [-0.15, -0.1) is 0 Å². The van der Waals surface area contributed by atoms with Crippen LogP contribution >= 0.6 is 11.6 Å². The SMILES string of the molecule is CCNC(C)c1ccc(OC2CCC(C)CC2)cc1Cl. The molecule has 112 valence electrons. The Kier molecular flexibility index (Phi) is 5.74. The van der Waals surface area contributed by atoms with E-state index in [2.05, 4.69) is 32.2 Å². The van der Waals surface area contributed by atoms with Gasteiger partial charge >= 0.3 is 0 Å². The zero-order chi connectivity index (χ0) is 14.5. The van der Waals surface area contributed by atoms with E-state index in [9.17, 15) is 0 Å². The molecule has 3 heteroatoms. The minimum atomic E-state index is 0.275. The van der Waals surface area contributed by atoms with Crippen LogP contribution < -0.4 is 10.1 Å². The van der Waals surface area contributed by atoms with Gasteiger partial charge in [0.1, 0.15) is 5.75 Å². The molecule has 1 saturated carbocycles. The second-order valence-electron chi connectivity index (χ2n) is 5.96. The molecule has 1 aliphatic carbocycles. The van der Waals surface area contributed by atoms with E-state index in [0.717, 1.165) is 41.6 Å². The molecule has 1 atom stereocenters. The van der Waals surface area contributed by atoms with Gasteiger partial charge in [0.05, 0.1) is 6.10 Å². The Balaban J connectivity index is 1.98. The second-order valence-corrected chi connectivity index (χ2v) is 6.37. The van der Waals surface area contributed by atoms with Crippen LogP contribution in [0.1, 0.15) is 58.1 Å². The monoisotopic (exact) mass is 295 g/mol. The topological polar surface area (TPSA) is 21.3 Å². The molecule has 2 nitrogen and oxygen atoms in total. The van der Waals surface area contributed by atoms with Gasteiger partial charge in [0.15, 0.2) is 0 Å².